The van der Waals surface area contributed by atoms with Gasteiger partial charge in [0.25, 0.3) is 0 Å². The highest BCUT2D eigenvalue weighted by molar-refractivity contribution is 6.32. The lowest BCUT2D eigenvalue weighted by molar-refractivity contribution is 0.112. The van der Waals surface area contributed by atoms with Crippen LogP contribution in [0.2, 0.25) is 5.15 Å². The van der Waals surface area contributed by atoms with E-state index in [2.05, 4.69) is 18.9 Å². The summed E-state index contributed by atoms with van der Waals surface area (Å²) in [6.07, 6.45) is 1.58. The van der Waals surface area contributed by atoms with Gasteiger partial charge in [0.15, 0.2) is 6.29 Å². The van der Waals surface area contributed by atoms with Crippen molar-refractivity contribution in [2.75, 3.05) is 0 Å². The minimum Gasteiger partial charge on any atom is -0.298 e. The first-order valence-electron chi connectivity index (χ1n) is 5.50. The van der Waals surface area contributed by atoms with Gasteiger partial charge in [-0.1, -0.05) is 25.4 Å². The SMILES string of the molecule is CC(C)Cc1nn(C(C)(C)C)c(Cl)c1C=O. The molecule has 3 nitrogen and oxygen atoms in total. The van der Waals surface area contributed by atoms with Gasteiger partial charge in [-0.3, -0.25) is 4.79 Å². The van der Waals surface area contributed by atoms with E-state index in [4.69, 9.17) is 11.6 Å². The molecular formula is C12H19ClN2O. The number of aldehydes is 1. The standard InChI is InChI=1S/C12H19ClN2O/c1-8(2)6-10-9(7-16)11(13)15(14-10)12(3,4)5/h7-8H,6H2,1-5H3. The molecule has 0 unspecified atom stereocenters. The van der Waals surface area contributed by atoms with Crippen LogP contribution in [-0.4, -0.2) is 16.1 Å². The third kappa shape index (κ3) is 2.64. The highest BCUT2D eigenvalue weighted by atomic mass is 35.5. The monoisotopic (exact) mass is 242 g/mol. The molecule has 90 valence electrons. The molecule has 0 saturated carbocycles. The van der Waals surface area contributed by atoms with Crippen LogP contribution in [0.5, 0.6) is 0 Å². The second kappa shape index (κ2) is 4.58. The summed E-state index contributed by atoms with van der Waals surface area (Å²) in [4.78, 5) is 11.0. The number of carbonyl (C=O) groups is 1. The van der Waals surface area contributed by atoms with Crippen molar-refractivity contribution in [2.24, 2.45) is 5.92 Å². The summed E-state index contributed by atoms with van der Waals surface area (Å²) in [5, 5.41) is 4.89. The van der Waals surface area contributed by atoms with Crippen molar-refractivity contribution >= 4 is 17.9 Å². The molecule has 0 saturated heterocycles. The molecule has 0 aromatic carbocycles. The lowest BCUT2D eigenvalue weighted by Crippen LogP contribution is -2.23. The van der Waals surface area contributed by atoms with Crippen LogP contribution in [0.4, 0.5) is 0 Å². The van der Waals surface area contributed by atoms with Gasteiger partial charge in [-0.2, -0.15) is 5.10 Å². The van der Waals surface area contributed by atoms with E-state index in [9.17, 15) is 4.79 Å². The number of nitrogens with zero attached hydrogens (tertiary/aromatic N) is 2. The fourth-order valence-corrected chi connectivity index (χ4v) is 2.00. The molecular weight excluding hydrogens is 224 g/mol. The van der Waals surface area contributed by atoms with Crippen molar-refractivity contribution < 1.29 is 4.79 Å². The molecule has 0 radical (unpaired) electrons. The Hall–Kier alpha value is -0.830. The van der Waals surface area contributed by atoms with Crippen molar-refractivity contribution in [1.82, 2.24) is 9.78 Å². The van der Waals surface area contributed by atoms with Gasteiger partial charge in [-0.05, 0) is 33.1 Å². The van der Waals surface area contributed by atoms with Crippen LogP contribution in [-0.2, 0) is 12.0 Å². The van der Waals surface area contributed by atoms with Gasteiger partial charge in [-0.15, -0.1) is 0 Å². The zero-order chi connectivity index (χ0) is 12.5. The predicted molar refractivity (Wildman–Crippen MR) is 66.2 cm³/mol. The first kappa shape index (κ1) is 13.2. The molecule has 0 fully saturated rings. The van der Waals surface area contributed by atoms with E-state index < -0.39 is 0 Å². The van der Waals surface area contributed by atoms with Gasteiger partial charge >= 0.3 is 0 Å². The summed E-state index contributed by atoms with van der Waals surface area (Å²) in [6.45, 7) is 10.2. The highest BCUT2D eigenvalue weighted by Gasteiger charge is 2.23. The molecule has 0 atom stereocenters. The highest BCUT2D eigenvalue weighted by Crippen LogP contribution is 2.26. The van der Waals surface area contributed by atoms with Gasteiger partial charge in [0.1, 0.15) is 5.15 Å². The Bertz CT molecular complexity index is 388. The molecule has 0 aliphatic carbocycles. The van der Waals surface area contributed by atoms with Crippen LogP contribution < -0.4 is 0 Å². The zero-order valence-electron chi connectivity index (χ0n) is 10.5. The topological polar surface area (TPSA) is 34.9 Å². The zero-order valence-corrected chi connectivity index (χ0v) is 11.3. The summed E-state index contributed by atoms with van der Waals surface area (Å²) in [6, 6.07) is 0. The van der Waals surface area contributed by atoms with Crippen LogP contribution in [0.25, 0.3) is 0 Å². The molecule has 0 aliphatic rings. The van der Waals surface area contributed by atoms with Gasteiger partial charge in [0.05, 0.1) is 16.8 Å². The first-order valence-corrected chi connectivity index (χ1v) is 5.88. The Kier molecular flexibility index (Phi) is 3.79. The fourth-order valence-electron chi connectivity index (χ4n) is 1.55. The number of hydrogen-bond donors (Lipinski definition) is 0. The largest absolute Gasteiger partial charge is 0.298 e. The Balaban J connectivity index is 3.25. The molecule has 1 aromatic heterocycles. The number of carbonyl (C=O) groups excluding carboxylic acids is 1. The summed E-state index contributed by atoms with van der Waals surface area (Å²) in [5.74, 6) is 0.457. The number of aromatic nitrogens is 2. The van der Waals surface area contributed by atoms with Gasteiger partial charge in [-0.25, -0.2) is 4.68 Å². The number of rotatable bonds is 3. The van der Waals surface area contributed by atoms with Crippen molar-refractivity contribution in [1.29, 1.82) is 0 Å². The van der Waals surface area contributed by atoms with Crippen LogP contribution in [0.3, 0.4) is 0 Å². The summed E-state index contributed by atoms with van der Waals surface area (Å²) < 4.78 is 1.72. The van der Waals surface area contributed by atoms with Crippen LogP contribution in [0.1, 0.15) is 50.7 Å². The third-order valence-corrected chi connectivity index (χ3v) is 2.66. The number of hydrogen-bond acceptors (Lipinski definition) is 2. The third-order valence-electron chi connectivity index (χ3n) is 2.29. The molecule has 1 rings (SSSR count). The maximum absolute atomic E-state index is 11.0. The number of halogens is 1. The van der Waals surface area contributed by atoms with Crippen LogP contribution >= 0.6 is 11.6 Å². The molecule has 1 aromatic rings. The quantitative estimate of drug-likeness (QED) is 0.763. The van der Waals surface area contributed by atoms with E-state index in [1.807, 2.05) is 20.8 Å². The van der Waals surface area contributed by atoms with Gasteiger partial charge < -0.3 is 0 Å². The average Bonchev–Trinajstić information content (AvgIpc) is 2.40. The summed E-state index contributed by atoms with van der Waals surface area (Å²) in [5.41, 5.74) is 1.12. The maximum atomic E-state index is 11.0. The molecule has 16 heavy (non-hydrogen) atoms. The molecule has 0 spiro atoms. The van der Waals surface area contributed by atoms with Crippen molar-refractivity contribution in [3.63, 3.8) is 0 Å². The summed E-state index contributed by atoms with van der Waals surface area (Å²) >= 11 is 6.17. The van der Waals surface area contributed by atoms with Crippen molar-refractivity contribution in [3.05, 3.63) is 16.4 Å². The second-order valence-electron chi connectivity index (χ2n) is 5.45. The predicted octanol–water partition coefficient (Wildman–Crippen LogP) is 3.30. The Morgan fingerprint density at radius 1 is 1.44 bits per heavy atom. The van der Waals surface area contributed by atoms with Crippen molar-refractivity contribution in [3.8, 4) is 0 Å². The lowest BCUT2D eigenvalue weighted by atomic mass is 10.1. The fraction of sp³-hybridized carbons (Fsp3) is 0.667. The van der Waals surface area contributed by atoms with E-state index in [0.717, 1.165) is 18.4 Å². The first-order chi connectivity index (χ1) is 7.27. The Morgan fingerprint density at radius 3 is 2.38 bits per heavy atom. The van der Waals surface area contributed by atoms with E-state index >= 15 is 0 Å². The normalized spacial score (nSPS) is 12.2. The van der Waals surface area contributed by atoms with Crippen LogP contribution in [0.15, 0.2) is 0 Å². The molecule has 4 heteroatoms. The Labute approximate surface area is 102 Å². The van der Waals surface area contributed by atoms with Gasteiger partial charge in [0.2, 0.25) is 0 Å². The minimum atomic E-state index is -0.204. The smallest absolute Gasteiger partial charge is 0.155 e. The Morgan fingerprint density at radius 2 is 2.00 bits per heavy atom. The molecule has 0 bridgehead atoms. The van der Waals surface area contributed by atoms with Crippen molar-refractivity contribution in [2.45, 2.75) is 46.6 Å². The molecule has 0 N–H and O–H groups in total. The molecule has 0 amide bonds. The van der Waals surface area contributed by atoms with E-state index in [0.29, 0.717) is 16.6 Å². The minimum absolute atomic E-state index is 0.204. The van der Waals surface area contributed by atoms with E-state index in [1.165, 1.54) is 0 Å². The molecule has 0 aliphatic heterocycles. The van der Waals surface area contributed by atoms with Crippen LogP contribution in [0, 0.1) is 5.92 Å². The second-order valence-corrected chi connectivity index (χ2v) is 5.81. The maximum Gasteiger partial charge on any atom is 0.155 e. The van der Waals surface area contributed by atoms with Gasteiger partial charge in [0, 0.05) is 0 Å². The van der Waals surface area contributed by atoms with E-state index in [1.54, 1.807) is 4.68 Å². The molecule has 1 heterocycles. The lowest BCUT2D eigenvalue weighted by Gasteiger charge is -2.20. The average molecular weight is 243 g/mol. The summed E-state index contributed by atoms with van der Waals surface area (Å²) in [7, 11) is 0. The van der Waals surface area contributed by atoms with E-state index in [-0.39, 0.29) is 5.54 Å².